The molecule has 2 aromatic carbocycles. The van der Waals surface area contributed by atoms with E-state index in [-0.39, 0.29) is 11.9 Å². The Labute approximate surface area is 189 Å². The van der Waals surface area contributed by atoms with Crippen molar-refractivity contribution in [1.82, 2.24) is 9.88 Å². The van der Waals surface area contributed by atoms with Crippen LogP contribution in [0.4, 0.5) is 0 Å². The number of benzene rings is 2. The SMILES string of the molecule is CC[C@H](C)N(Cc1csc(COc2ccccc2C(C)C)n1)C(=O)c1ccccc1C. The lowest BCUT2D eigenvalue weighted by molar-refractivity contribution is 0.0668. The van der Waals surface area contributed by atoms with Gasteiger partial charge < -0.3 is 9.64 Å². The summed E-state index contributed by atoms with van der Waals surface area (Å²) in [7, 11) is 0. The summed E-state index contributed by atoms with van der Waals surface area (Å²) in [6.45, 7) is 11.4. The van der Waals surface area contributed by atoms with Gasteiger partial charge in [-0.15, -0.1) is 11.3 Å². The van der Waals surface area contributed by atoms with Gasteiger partial charge >= 0.3 is 0 Å². The summed E-state index contributed by atoms with van der Waals surface area (Å²) in [6, 6.07) is 16.0. The Bertz CT molecular complexity index is 1010. The van der Waals surface area contributed by atoms with Crippen molar-refractivity contribution in [3.8, 4) is 5.75 Å². The molecule has 0 aliphatic carbocycles. The van der Waals surface area contributed by atoms with E-state index in [1.165, 1.54) is 5.56 Å². The maximum atomic E-state index is 13.3. The highest BCUT2D eigenvalue weighted by Gasteiger charge is 2.23. The van der Waals surface area contributed by atoms with Gasteiger partial charge in [0, 0.05) is 17.0 Å². The number of aryl methyl sites for hydroxylation is 1. The lowest BCUT2D eigenvalue weighted by atomic mass is 10.0. The molecule has 5 heteroatoms. The number of amides is 1. The van der Waals surface area contributed by atoms with Crippen molar-refractivity contribution in [3.05, 3.63) is 81.3 Å². The maximum absolute atomic E-state index is 13.3. The van der Waals surface area contributed by atoms with E-state index in [0.717, 1.165) is 34.0 Å². The highest BCUT2D eigenvalue weighted by Crippen LogP contribution is 2.27. The monoisotopic (exact) mass is 436 g/mol. The summed E-state index contributed by atoms with van der Waals surface area (Å²) in [4.78, 5) is 19.9. The van der Waals surface area contributed by atoms with Gasteiger partial charge in [0.25, 0.3) is 5.91 Å². The van der Waals surface area contributed by atoms with Crippen molar-refractivity contribution in [3.63, 3.8) is 0 Å². The van der Waals surface area contributed by atoms with Gasteiger partial charge in [-0.1, -0.05) is 57.2 Å². The summed E-state index contributed by atoms with van der Waals surface area (Å²) in [5, 5.41) is 2.95. The van der Waals surface area contributed by atoms with Crippen LogP contribution in [0.25, 0.3) is 0 Å². The van der Waals surface area contributed by atoms with Crippen LogP contribution in [0.1, 0.15) is 72.2 Å². The summed E-state index contributed by atoms with van der Waals surface area (Å²) in [6.07, 6.45) is 0.893. The molecular formula is C26H32N2O2S. The molecule has 0 aliphatic heterocycles. The highest BCUT2D eigenvalue weighted by atomic mass is 32.1. The smallest absolute Gasteiger partial charge is 0.254 e. The Kier molecular flexibility index (Phi) is 7.85. The molecule has 0 unspecified atom stereocenters. The molecule has 3 rings (SSSR count). The summed E-state index contributed by atoms with van der Waals surface area (Å²) in [5.74, 6) is 1.37. The van der Waals surface area contributed by atoms with Crippen LogP contribution in [0.2, 0.25) is 0 Å². The molecule has 164 valence electrons. The quantitative estimate of drug-likeness (QED) is 0.380. The minimum Gasteiger partial charge on any atom is -0.486 e. The largest absolute Gasteiger partial charge is 0.486 e. The van der Waals surface area contributed by atoms with Crippen LogP contribution in [0.15, 0.2) is 53.9 Å². The number of hydrogen-bond acceptors (Lipinski definition) is 4. The first-order chi connectivity index (χ1) is 14.9. The van der Waals surface area contributed by atoms with Crippen molar-refractivity contribution in [2.45, 2.75) is 66.2 Å². The van der Waals surface area contributed by atoms with Crippen molar-refractivity contribution < 1.29 is 9.53 Å². The fourth-order valence-electron chi connectivity index (χ4n) is 3.51. The number of carbonyl (C=O) groups excluding carboxylic acids is 1. The molecule has 3 aromatic rings. The molecule has 4 nitrogen and oxygen atoms in total. The van der Waals surface area contributed by atoms with E-state index in [1.807, 2.05) is 59.7 Å². The Morgan fingerprint density at radius 1 is 1.10 bits per heavy atom. The summed E-state index contributed by atoms with van der Waals surface area (Å²) < 4.78 is 6.07. The Hall–Kier alpha value is -2.66. The van der Waals surface area contributed by atoms with Crippen LogP contribution in [0, 0.1) is 6.92 Å². The van der Waals surface area contributed by atoms with Gasteiger partial charge in [0.15, 0.2) is 0 Å². The molecule has 31 heavy (non-hydrogen) atoms. The molecule has 0 bridgehead atoms. The van der Waals surface area contributed by atoms with E-state index in [1.54, 1.807) is 11.3 Å². The minimum atomic E-state index is 0.0594. The Morgan fingerprint density at radius 3 is 2.52 bits per heavy atom. The topological polar surface area (TPSA) is 42.4 Å². The first-order valence-electron chi connectivity index (χ1n) is 10.9. The van der Waals surface area contributed by atoms with Gasteiger partial charge in [-0.3, -0.25) is 4.79 Å². The number of rotatable bonds is 9. The van der Waals surface area contributed by atoms with Gasteiger partial charge in [-0.05, 0) is 49.4 Å². The average Bonchev–Trinajstić information content (AvgIpc) is 3.23. The first-order valence-corrected chi connectivity index (χ1v) is 11.8. The molecule has 0 spiro atoms. The zero-order valence-electron chi connectivity index (χ0n) is 19.1. The molecular weight excluding hydrogens is 404 g/mol. The third kappa shape index (κ3) is 5.73. The fourth-order valence-corrected chi connectivity index (χ4v) is 4.20. The lowest BCUT2D eigenvalue weighted by Gasteiger charge is -2.28. The van der Waals surface area contributed by atoms with Crippen LogP contribution in [0.5, 0.6) is 5.75 Å². The Balaban J connectivity index is 1.72. The molecule has 0 fully saturated rings. The van der Waals surface area contributed by atoms with Crippen LogP contribution < -0.4 is 4.74 Å². The molecule has 0 radical (unpaired) electrons. The number of para-hydroxylation sites is 1. The van der Waals surface area contributed by atoms with E-state index >= 15 is 0 Å². The second-order valence-corrected chi connectivity index (χ2v) is 9.16. The third-order valence-electron chi connectivity index (χ3n) is 5.58. The second-order valence-electron chi connectivity index (χ2n) is 8.22. The van der Waals surface area contributed by atoms with E-state index in [4.69, 9.17) is 9.72 Å². The zero-order valence-corrected chi connectivity index (χ0v) is 19.9. The minimum absolute atomic E-state index is 0.0594. The average molecular weight is 437 g/mol. The number of nitrogens with zero attached hydrogens (tertiary/aromatic N) is 2. The Morgan fingerprint density at radius 2 is 1.81 bits per heavy atom. The molecule has 1 heterocycles. The third-order valence-corrected chi connectivity index (χ3v) is 6.45. The molecule has 0 N–H and O–H groups in total. The maximum Gasteiger partial charge on any atom is 0.254 e. The van der Waals surface area contributed by atoms with Gasteiger partial charge in [0.05, 0.1) is 12.2 Å². The van der Waals surface area contributed by atoms with Gasteiger partial charge in [0.2, 0.25) is 0 Å². The summed E-state index contributed by atoms with van der Waals surface area (Å²) >= 11 is 1.58. The lowest BCUT2D eigenvalue weighted by Crippen LogP contribution is -2.38. The van der Waals surface area contributed by atoms with Gasteiger partial charge in [0.1, 0.15) is 17.4 Å². The molecule has 1 atom stereocenters. The van der Waals surface area contributed by atoms with E-state index < -0.39 is 0 Å². The number of thiazole rings is 1. The predicted molar refractivity (Wildman–Crippen MR) is 128 cm³/mol. The zero-order chi connectivity index (χ0) is 22.4. The fraction of sp³-hybridized carbons (Fsp3) is 0.385. The highest BCUT2D eigenvalue weighted by molar-refractivity contribution is 7.09. The standard InChI is InChI=1S/C26H32N2O2S/c1-6-20(5)28(26(29)23-13-8-7-11-19(23)4)15-21-17-31-25(27-21)16-30-24-14-10-9-12-22(24)18(2)3/h7-14,17-18,20H,6,15-16H2,1-5H3/t20-/m0/s1. The van der Waals surface area contributed by atoms with Gasteiger partial charge in [-0.2, -0.15) is 0 Å². The van der Waals surface area contributed by atoms with Crippen molar-refractivity contribution >= 4 is 17.2 Å². The molecule has 1 amide bonds. The van der Waals surface area contributed by atoms with Crippen molar-refractivity contribution in [2.24, 2.45) is 0 Å². The second kappa shape index (κ2) is 10.6. The number of aromatic nitrogens is 1. The van der Waals surface area contributed by atoms with E-state index in [2.05, 4.69) is 33.8 Å². The first kappa shape index (κ1) is 23.0. The normalized spacial score (nSPS) is 12.1. The number of carbonyl (C=O) groups is 1. The number of ether oxygens (including phenoxy) is 1. The molecule has 0 aliphatic rings. The van der Waals surface area contributed by atoms with Crippen molar-refractivity contribution in [1.29, 1.82) is 0 Å². The van der Waals surface area contributed by atoms with Crippen LogP contribution >= 0.6 is 11.3 Å². The molecule has 0 saturated carbocycles. The predicted octanol–water partition coefficient (Wildman–Crippen LogP) is 6.59. The van der Waals surface area contributed by atoms with Gasteiger partial charge in [-0.25, -0.2) is 4.98 Å². The van der Waals surface area contributed by atoms with Crippen molar-refractivity contribution in [2.75, 3.05) is 0 Å². The molecule has 1 aromatic heterocycles. The number of hydrogen-bond donors (Lipinski definition) is 0. The van der Waals surface area contributed by atoms with Crippen LogP contribution in [0.3, 0.4) is 0 Å². The van der Waals surface area contributed by atoms with E-state index in [0.29, 0.717) is 19.1 Å². The molecule has 0 saturated heterocycles. The van der Waals surface area contributed by atoms with E-state index in [9.17, 15) is 4.79 Å². The van der Waals surface area contributed by atoms with Crippen LogP contribution in [-0.2, 0) is 13.2 Å². The van der Waals surface area contributed by atoms with Crippen LogP contribution in [-0.4, -0.2) is 21.8 Å². The summed E-state index contributed by atoms with van der Waals surface area (Å²) in [5.41, 5.74) is 3.86.